The standard InChI is InChI=1S/C14H20N2O2S/c1-4-6-16(7-5-2)9-11(3)14-15-12(10-19-14)8-13(17)18/h4-5,10-11H,1-2,6-9H2,3H3,(H,17,18). The van der Waals surface area contributed by atoms with Crippen LogP contribution in [0.15, 0.2) is 30.7 Å². The number of hydrogen-bond donors (Lipinski definition) is 1. The van der Waals surface area contributed by atoms with E-state index in [4.69, 9.17) is 5.11 Å². The topological polar surface area (TPSA) is 53.4 Å². The zero-order valence-electron chi connectivity index (χ0n) is 11.2. The molecule has 1 rings (SSSR count). The molecule has 1 unspecified atom stereocenters. The maximum atomic E-state index is 10.6. The highest BCUT2D eigenvalue weighted by Crippen LogP contribution is 2.21. The monoisotopic (exact) mass is 280 g/mol. The van der Waals surface area contributed by atoms with Gasteiger partial charge in [-0.3, -0.25) is 9.69 Å². The van der Waals surface area contributed by atoms with Crippen molar-refractivity contribution in [3.05, 3.63) is 41.4 Å². The number of hydrogen-bond acceptors (Lipinski definition) is 4. The lowest BCUT2D eigenvalue weighted by Gasteiger charge is -2.21. The molecular formula is C14H20N2O2S. The van der Waals surface area contributed by atoms with E-state index in [-0.39, 0.29) is 12.3 Å². The number of carboxylic acids is 1. The number of thiazole rings is 1. The summed E-state index contributed by atoms with van der Waals surface area (Å²) in [7, 11) is 0. The summed E-state index contributed by atoms with van der Waals surface area (Å²) in [5.41, 5.74) is 0.637. The Bertz CT molecular complexity index is 432. The molecule has 1 N–H and O–H groups in total. The first-order valence-electron chi connectivity index (χ1n) is 6.17. The van der Waals surface area contributed by atoms with Gasteiger partial charge in [0.1, 0.15) is 0 Å². The van der Waals surface area contributed by atoms with Crippen molar-refractivity contribution < 1.29 is 9.90 Å². The fourth-order valence-corrected chi connectivity index (χ4v) is 2.71. The van der Waals surface area contributed by atoms with Gasteiger partial charge in [-0.25, -0.2) is 4.98 Å². The summed E-state index contributed by atoms with van der Waals surface area (Å²) in [4.78, 5) is 17.2. The Labute approximate surface area is 118 Å². The molecule has 0 aromatic carbocycles. The molecule has 1 aromatic heterocycles. The van der Waals surface area contributed by atoms with Crippen molar-refractivity contribution in [3.8, 4) is 0 Å². The van der Waals surface area contributed by atoms with Crippen molar-refractivity contribution in [2.75, 3.05) is 19.6 Å². The van der Waals surface area contributed by atoms with E-state index in [2.05, 4.69) is 30.0 Å². The number of aromatic nitrogens is 1. The van der Waals surface area contributed by atoms with Crippen LogP contribution in [0.3, 0.4) is 0 Å². The molecular weight excluding hydrogens is 260 g/mol. The van der Waals surface area contributed by atoms with Gasteiger partial charge < -0.3 is 5.11 Å². The van der Waals surface area contributed by atoms with Gasteiger partial charge in [-0.2, -0.15) is 0 Å². The lowest BCUT2D eigenvalue weighted by atomic mass is 10.1. The van der Waals surface area contributed by atoms with Gasteiger partial charge in [-0.15, -0.1) is 24.5 Å². The normalized spacial score (nSPS) is 12.3. The highest BCUT2D eigenvalue weighted by Gasteiger charge is 2.14. The summed E-state index contributed by atoms with van der Waals surface area (Å²) < 4.78 is 0. The van der Waals surface area contributed by atoms with Crippen molar-refractivity contribution in [3.63, 3.8) is 0 Å². The van der Waals surface area contributed by atoms with E-state index >= 15 is 0 Å². The average molecular weight is 280 g/mol. The third-order valence-corrected chi connectivity index (χ3v) is 3.76. The van der Waals surface area contributed by atoms with Crippen molar-refractivity contribution in [1.29, 1.82) is 0 Å². The van der Waals surface area contributed by atoms with Gasteiger partial charge in [0.15, 0.2) is 0 Å². The second-order valence-corrected chi connectivity index (χ2v) is 5.33. The maximum Gasteiger partial charge on any atom is 0.309 e. The van der Waals surface area contributed by atoms with E-state index in [0.717, 1.165) is 24.6 Å². The summed E-state index contributed by atoms with van der Waals surface area (Å²) in [6.07, 6.45) is 3.73. The summed E-state index contributed by atoms with van der Waals surface area (Å²) >= 11 is 1.53. The van der Waals surface area contributed by atoms with Crippen LogP contribution in [0.2, 0.25) is 0 Å². The van der Waals surface area contributed by atoms with E-state index in [0.29, 0.717) is 5.69 Å². The van der Waals surface area contributed by atoms with Crippen molar-refractivity contribution in [2.24, 2.45) is 0 Å². The molecule has 0 amide bonds. The van der Waals surface area contributed by atoms with Crippen molar-refractivity contribution >= 4 is 17.3 Å². The van der Waals surface area contributed by atoms with Crippen LogP contribution in [-0.4, -0.2) is 40.6 Å². The first-order chi connectivity index (χ1) is 9.06. The van der Waals surface area contributed by atoms with E-state index in [9.17, 15) is 4.79 Å². The number of carboxylic acid groups (broad SMARTS) is 1. The van der Waals surface area contributed by atoms with E-state index < -0.39 is 5.97 Å². The minimum absolute atomic E-state index is 0.00769. The molecule has 0 bridgehead atoms. The largest absolute Gasteiger partial charge is 0.481 e. The first-order valence-corrected chi connectivity index (χ1v) is 7.05. The third kappa shape index (κ3) is 5.36. The lowest BCUT2D eigenvalue weighted by molar-refractivity contribution is -0.136. The fraction of sp³-hybridized carbons (Fsp3) is 0.429. The van der Waals surface area contributed by atoms with E-state index in [1.807, 2.05) is 17.5 Å². The molecule has 0 spiro atoms. The number of nitrogens with zero attached hydrogens (tertiary/aromatic N) is 2. The summed E-state index contributed by atoms with van der Waals surface area (Å²) in [6.45, 7) is 12.1. The fourth-order valence-electron chi connectivity index (χ4n) is 1.84. The molecule has 1 heterocycles. The van der Waals surface area contributed by atoms with Crippen LogP contribution in [0.25, 0.3) is 0 Å². The minimum atomic E-state index is -0.843. The van der Waals surface area contributed by atoms with Gasteiger partial charge in [0.2, 0.25) is 0 Å². The zero-order valence-corrected chi connectivity index (χ0v) is 12.0. The van der Waals surface area contributed by atoms with Crippen molar-refractivity contribution in [2.45, 2.75) is 19.3 Å². The van der Waals surface area contributed by atoms with Crippen LogP contribution >= 0.6 is 11.3 Å². The smallest absolute Gasteiger partial charge is 0.309 e. The molecule has 0 radical (unpaired) electrons. The molecule has 1 atom stereocenters. The SMILES string of the molecule is C=CCN(CC=C)CC(C)c1nc(CC(=O)O)cs1. The van der Waals surface area contributed by atoms with Crippen LogP contribution < -0.4 is 0 Å². The van der Waals surface area contributed by atoms with Gasteiger partial charge in [0.25, 0.3) is 0 Å². The Kier molecular flexibility index (Phi) is 6.45. The van der Waals surface area contributed by atoms with Crippen LogP contribution in [0, 0.1) is 0 Å². The highest BCUT2D eigenvalue weighted by atomic mass is 32.1. The third-order valence-electron chi connectivity index (χ3n) is 2.63. The van der Waals surface area contributed by atoms with Gasteiger partial charge in [0.05, 0.1) is 17.1 Å². The summed E-state index contributed by atoms with van der Waals surface area (Å²) in [5, 5.41) is 11.5. The Morgan fingerprint density at radius 3 is 2.68 bits per heavy atom. The molecule has 0 aliphatic carbocycles. The molecule has 0 aliphatic heterocycles. The number of rotatable bonds is 9. The molecule has 0 aliphatic rings. The van der Waals surface area contributed by atoms with Crippen LogP contribution in [0.1, 0.15) is 23.5 Å². The average Bonchev–Trinajstić information content (AvgIpc) is 2.77. The van der Waals surface area contributed by atoms with Gasteiger partial charge in [0, 0.05) is 30.9 Å². The molecule has 4 nitrogen and oxygen atoms in total. The first kappa shape index (κ1) is 15.6. The lowest BCUT2D eigenvalue weighted by Crippen LogP contribution is -2.28. The minimum Gasteiger partial charge on any atom is -0.481 e. The predicted molar refractivity (Wildman–Crippen MR) is 78.7 cm³/mol. The Morgan fingerprint density at radius 1 is 1.53 bits per heavy atom. The molecule has 104 valence electrons. The second kappa shape index (κ2) is 7.86. The van der Waals surface area contributed by atoms with Crippen molar-refractivity contribution in [1.82, 2.24) is 9.88 Å². The second-order valence-electron chi connectivity index (χ2n) is 4.44. The molecule has 1 aromatic rings. The predicted octanol–water partition coefficient (Wildman–Crippen LogP) is 2.55. The van der Waals surface area contributed by atoms with Gasteiger partial charge >= 0.3 is 5.97 Å². The van der Waals surface area contributed by atoms with Crippen LogP contribution in [0.4, 0.5) is 0 Å². The zero-order chi connectivity index (χ0) is 14.3. The van der Waals surface area contributed by atoms with E-state index in [1.165, 1.54) is 11.3 Å². The van der Waals surface area contributed by atoms with E-state index in [1.54, 1.807) is 0 Å². The Hall–Kier alpha value is -1.46. The van der Waals surface area contributed by atoms with Gasteiger partial charge in [-0.1, -0.05) is 19.1 Å². The van der Waals surface area contributed by atoms with Crippen LogP contribution in [0.5, 0.6) is 0 Å². The number of carbonyl (C=O) groups is 1. The molecule has 0 saturated carbocycles. The quantitative estimate of drug-likeness (QED) is 0.706. The maximum absolute atomic E-state index is 10.6. The highest BCUT2D eigenvalue weighted by molar-refractivity contribution is 7.09. The Balaban J connectivity index is 2.62. The Morgan fingerprint density at radius 2 is 2.16 bits per heavy atom. The van der Waals surface area contributed by atoms with Gasteiger partial charge in [-0.05, 0) is 0 Å². The summed E-state index contributed by atoms with van der Waals surface area (Å²) in [6, 6.07) is 0. The molecule has 19 heavy (non-hydrogen) atoms. The number of aliphatic carboxylic acids is 1. The molecule has 0 fully saturated rings. The molecule has 5 heteroatoms. The summed E-state index contributed by atoms with van der Waals surface area (Å²) in [5.74, 6) is -0.572. The van der Waals surface area contributed by atoms with Crippen LogP contribution in [-0.2, 0) is 11.2 Å². The molecule has 0 saturated heterocycles.